The third-order valence-corrected chi connectivity index (χ3v) is 7.00. The van der Waals surface area contributed by atoms with Crippen molar-refractivity contribution in [2.24, 2.45) is 11.8 Å². The molecule has 3 atom stereocenters. The van der Waals surface area contributed by atoms with Gasteiger partial charge in [0.05, 0.1) is 19.2 Å². The monoisotopic (exact) mass is 436 g/mol. The molecule has 30 heavy (non-hydrogen) atoms. The number of aryl methyl sites for hydroxylation is 2. The summed E-state index contributed by atoms with van der Waals surface area (Å²) in [5, 5.41) is 13.5. The van der Waals surface area contributed by atoms with E-state index in [1.165, 1.54) is 10.4 Å². The van der Waals surface area contributed by atoms with Crippen LogP contribution in [0.25, 0.3) is 0 Å². The summed E-state index contributed by atoms with van der Waals surface area (Å²) in [6, 6.07) is 2.98. The molecule has 164 valence electrons. The van der Waals surface area contributed by atoms with Crippen molar-refractivity contribution in [3.05, 3.63) is 29.2 Å². The number of anilines is 2. The van der Waals surface area contributed by atoms with Crippen LogP contribution >= 0.6 is 0 Å². The van der Waals surface area contributed by atoms with E-state index in [0.717, 1.165) is 13.0 Å². The van der Waals surface area contributed by atoms with Gasteiger partial charge in [0.1, 0.15) is 22.9 Å². The van der Waals surface area contributed by atoms with Crippen molar-refractivity contribution in [3.63, 3.8) is 0 Å². The number of rotatable bonds is 10. The summed E-state index contributed by atoms with van der Waals surface area (Å²) in [4.78, 5) is 18.9. The molecule has 0 spiro atoms. The van der Waals surface area contributed by atoms with E-state index in [9.17, 15) is 14.5 Å². The van der Waals surface area contributed by atoms with Gasteiger partial charge in [0.2, 0.25) is 4.90 Å². The fourth-order valence-electron chi connectivity index (χ4n) is 3.33. The summed E-state index contributed by atoms with van der Waals surface area (Å²) in [6.07, 6.45) is 1.14. The maximum atomic E-state index is 13.1. The van der Waals surface area contributed by atoms with E-state index in [0.29, 0.717) is 53.0 Å². The predicted octanol–water partition coefficient (Wildman–Crippen LogP) is 2.65. The van der Waals surface area contributed by atoms with Crippen molar-refractivity contribution in [1.82, 2.24) is 10.1 Å². The van der Waals surface area contributed by atoms with Crippen molar-refractivity contribution in [2.45, 2.75) is 32.1 Å². The summed E-state index contributed by atoms with van der Waals surface area (Å²) in [5.74, 6) is 1.42. The Morgan fingerprint density at radius 2 is 2.07 bits per heavy atom. The SMILES string of the molecule is COCCN(CC1CC1C)c1cc(C(=O)O)cc(N(C)[S+]([O-])c2c(C)noc2C)n1. The molecule has 1 N–H and O–H groups in total. The molecule has 0 saturated heterocycles. The van der Waals surface area contributed by atoms with Crippen LogP contribution in [0.3, 0.4) is 0 Å². The lowest BCUT2D eigenvalue weighted by Crippen LogP contribution is -2.32. The maximum Gasteiger partial charge on any atom is 0.335 e. The Bertz CT molecular complexity index is 886. The number of carbonyl (C=O) groups is 1. The molecule has 1 saturated carbocycles. The average molecular weight is 437 g/mol. The van der Waals surface area contributed by atoms with Crippen LogP contribution in [0.1, 0.15) is 35.2 Å². The van der Waals surface area contributed by atoms with Gasteiger partial charge in [0.25, 0.3) is 0 Å². The molecule has 3 rings (SSSR count). The summed E-state index contributed by atoms with van der Waals surface area (Å²) in [7, 11) is 3.24. The lowest BCUT2D eigenvalue weighted by molar-refractivity contribution is 0.0697. The van der Waals surface area contributed by atoms with Crippen molar-refractivity contribution >= 4 is 29.0 Å². The topological polar surface area (TPSA) is 115 Å². The molecule has 0 bridgehead atoms. The minimum atomic E-state index is -1.65. The fraction of sp³-hybridized carbons (Fsp3) is 0.550. The first-order chi connectivity index (χ1) is 14.2. The predicted molar refractivity (Wildman–Crippen MR) is 113 cm³/mol. The molecule has 0 aliphatic heterocycles. The number of carboxylic acid groups (broad SMARTS) is 1. The quantitative estimate of drug-likeness (QED) is 0.561. The maximum absolute atomic E-state index is 13.1. The van der Waals surface area contributed by atoms with Gasteiger partial charge in [-0.3, -0.25) is 0 Å². The van der Waals surface area contributed by atoms with Gasteiger partial charge >= 0.3 is 5.97 Å². The molecule has 1 fully saturated rings. The van der Waals surface area contributed by atoms with Crippen LogP contribution in [0, 0.1) is 25.7 Å². The Kier molecular flexibility index (Phi) is 6.89. The molecule has 2 heterocycles. The van der Waals surface area contributed by atoms with Gasteiger partial charge in [-0.1, -0.05) is 12.1 Å². The van der Waals surface area contributed by atoms with E-state index < -0.39 is 17.3 Å². The molecule has 1 aliphatic carbocycles. The molecule has 0 aromatic carbocycles. The van der Waals surface area contributed by atoms with Crippen molar-refractivity contribution in [3.8, 4) is 0 Å². The number of hydrogen-bond donors (Lipinski definition) is 1. The summed E-state index contributed by atoms with van der Waals surface area (Å²) in [6.45, 7) is 7.47. The Morgan fingerprint density at radius 3 is 2.60 bits per heavy atom. The second-order valence-corrected chi connectivity index (χ2v) is 9.14. The van der Waals surface area contributed by atoms with Crippen LogP contribution in [-0.4, -0.2) is 59.6 Å². The standard InChI is InChI=1S/C20H28N4O5S/c1-12-8-16(12)11-24(6-7-28-5)18-10-15(20(25)26)9-17(21-18)23(4)30(27)19-13(2)22-29-14(19)3/h9-10,12,16H,6-8,11H2,1-5H3,(H,25,26). The number of ether oxygens (including phenoxy) is 1. The fourth-order valence-corrected chi connectivity index (χ4v) is 4.44. The molecule has 10 heteroatoms. The van der Waals surface area contributed by atoms with Gasteiger partial charge < -0.3 is 23.8 Å². The second-order valence-electron chi connectivity index (χ2n) is 7.69. The third-order valence-electron chi connectivity index (χ3n) is 5.38. The molecule has 2 aromatic rings. The molecule has 0 radical (unpaired) electrons. The summed E-state index contributed by atoms with van der Waals surface area (Å²) >= 11 is -1.65. The number of aromatic carboxylic acids is 1. The van der Waals surface area contributed by atoms with Crippen molar-refractivity contribution in [2.75, 3.05) is 43.1 Å². The Morgan fingerprint density at radius 1 is 1.40 bits per heavy atom. The molecule has 9 nitrogen and oxygen atoms in total. The zero-order valence-corrected chi connectivity index (χ0v) is 18.7. The first-order valence-corrected chi connectivity index (χ1v) is 10.9. The van der Waals surface area contributed by atoms with Crippen molar-refractivity contribution < 1.29 is 23.7 Å². The Balaban J connectivity index is 1.95. The molecular weight excluding hydrogens is 408 g/mol. The second kappa shape index (κ2) is 9.23. The lowest BCUT2D eigenvalue weighted by atomic mass is 10.2. The van der Waals surface area contributed by atoms with Crippen LogP contribution in [0.5, 0.6) is 0 Å². The van der Waals surface area contributed by atoms with E-state index in [1.807, 2.05) is 4.90 Å². The van der Waals surface area contributed by atoms with Crippen LogP contribution in [-0.2, 0) is 16.1 Å². The van der Waals surface area contributed by atoms with E-state index in [4.69, 9.17) is 9.26 Å². The van der Waals surface area contributed by atoms with E-state index in [-0.39, 0.29) is 5.56 Å². The van der Waals surface area contributed by atoms with Gasteiger partial charge in [0, 0.05) is 27.1 Å². The number of methoxy groups -OCH3 is 1. The van der Waals surface area contributed by atoms with Gasteiger partial charge in [-0.2, -0.15) is 4.31 Å². The van der Waals surface area contributed by atoms with Crippen LogP contribution < -0.4 is 9.21 Å². The van der Waals surface area contributed by atoms with E-state index >= 15 is 0 Å². The Labute approximate surface area is 179 Å². The lowest BCUT2D eigenvalue weighted by Gasteiger charge is -2.26. The van der Waals surface area contributed by atoms with Gasteiger partial charge in [0.15, 0.2) is 11.6 Å². The first-order valence-electron chi connectivity index (χ1n) is 9.80. The van der Waals surface area contributed by atoms with Crippen LogP contribution in [0.15, 0.2) is 21.6 Å². The molecule has 3 unspecified atom stereocenters. The first kappa shape index (κ1) is 22.4. The normalized spacial score (nSPS) is 18.9. The van der Waals surface area contributed by atoms with Gasteiger partial charge in [-0.05, 0) is 37.3 Å². The number of carboxylic acids is 1. The minimum absolute atomic E-state index is 0.0869. The molecular formula is C20H28N4O5S. The Hall–Kier alpha value is -2.30. The zero-order chi connectivity index (χ0) is 22.0. The zero-order valence-electron chi connectivity index (χ0n) is 17.9. The molecule has 2 aromatic heterocycles. The highest BCUT2D eigenvalue weighted by molar-refractivity contribution is 7.92. The van der Waals surface area contributed by atoms with Gasteiger partial charge in [-0.25, -0.2) is 9.78 Å². The molecule has 0 amide bonds. The highest BCUT2D eigenvalue weighted by Gasteiger charge is 2.35. The number of nitrogens with zero attached hydrogens (tertiary/aromatic N) is 4. The highest BCUT2D eigenvalue weighted by Crippen LogP contribution is 2.39. The van der Waals surface area contributed by atoms with Crippen molar-refractivity contribution in [1.29, 1.82) is 0 Å². The van der Waals surface area contributed by atoms with Crippen LogP contribution in [0.2, 0.25) is 0 Å². The van der Waals surface area contributed by atoms with Crippen LogP contribution in [0.4, 0.5) is 11.6 Å². The van der Waals surface area contributed by atoms with E-state index in [1.54, 1.807) is 34.1 Å². The van der Waals surface area contributed by atoms with E-state index in [2.05, 4.69) is 17.1 Å². The van der Waals surface area contributed by atoms with Gasteiger partial charge in [-0.15, -0.1) is 0 Å². The average Bonchev–Trinajstić information content (AvgIpc) is 3.31. The number of hydrogen-bond acceptors (Lipinski definition) is 8. The summed E-state index contributed by atoms with van der Waals surface area (Å²) < 4.78 is 24.9. The number of pyridine rings is 1. The number of aromatic nitrogens is 2. The molecule has 1 aliphatic rings. The minimum Gasteiger partial charge on any atom is -0.588 e. The summed E-state index contributed by atoms with van der Waals surface area (Å²) in [5.41, 5.74) is 0.612. The third kappa shape index (κ3) is 4.88. The highest BCUT2D eigenvalue weighted by atomic mass is 32.2. The smallest absolute Gasteiger partial charge is 0.335 e. The largest absolute Gasteiger partial charge is 0.588 e.